The molecule has 4 aliphatic rings. The van der Waals surface area contributed by atoms with Gasteiger partial charge in [-0.3, -0.25) is 9.63 Å². The molecule has 1 N–H and O–H groups in total. The first-order valence-corrected chi connectivity index (χ1v) is 14.4. The van der Waals surface area contributed by atoms with Gasteiger partial charge in [-0.1, -0.05) is 6.08 Å². The Morgan fingerprint density at radius 2 is 1.98 bits per heavy atom. The molecule has 1 aromatic carbocycles. The van der Waals surface area contributed by atoms with E-state index in [1.807, 2.05) is 55.6 Å². The number of hydroxylamine groups is 2. The van der Waals surface area contributed by atoms with Crippen molar-refractivity contribution in [3.05, 3.63) is 59.6 Å². The molecule has 1 amide bonds. The normalized spacial score (nSPS) is 22.9. The fourth-order valence-electron chi connectivity index (χ4n) is 5.62. The average molecular weight is 551 g/mol. The second-order valence-electron chi connectivity index (χ2n) is 10.8. The molecule has 2 fully saturated rings. The number of ether oxygens (including phenoxy) is 2. The van der Waals surface area contributed by atoms with Crippen LogP contribution in [-0.2, 0) is 14.4 Å². The van der Waals surface area contributed by atoms with Crippen LogP contribution in [0.1, 0.15) is 33.1 Å². The minimum Gasteiger partial charge on any atom is -0.497 e. The Labute approximate surface area is 237 Å². The second kappa shape index (κ2) is 13.3. The second-order valence-corrected chi connectivity index (χ2v) is 10.8. The number of hydrogen-bond acceptors (Lipinski definition) is 9. The lowest BCUT2D eigenvalue weighted by Gasteiger charge is -2.42. The number of rotatable bonds is 12. The van der Waals surface area contributed by atoms with E-state index in [4.69, 9.17) is 19.3 Å². The largest absolute Gasteiger partial charge is 0.497 e. The molecule has 0 bridgehead atoms. The molecule has 5 rings (SSSR count). The molecule has 0 aromatic heterocycles. The summed E-state index contributed by atoms with van der Waals surface area (Å²) in [6.45, 7) is 9.75. The molecule has 2 unspecified atom stereocenters. The lowest BCUT2D eigenvalue weighted by Crippen LogP contribution is -2.54. The van der Waals surface area contributed by atoms with Crippen molar-refractivity contribution in [2.24, 2.45) is 10.9 Å². The predicted molar refractivity (Wildman–Crippen MR) is 155 cm³/mol. The molecule has 2 atom stereocenters. The molecule has 3 heterocycles. The number of anilines is 1. The monoisotopic (exact) mass is 550 g/mol. The molecule has 1 aliphatic carbocycles. The summed E-state index contributed by atoms with van der Waals surface area (Å²) in [4.78, 5) is 25.4. The molecule has 0 radical (unpaired) electrons. The first-order chi connectivity index (χ1) is 19.6. The van der Waals surface area contributed by atoms with Crippen molar-refractivity contribution in [3.63, 3.8) is 0 Å². The highest BCUT2D eigenvalue weighted by atomic mass is 16.7. The lowest BCUT2D eigenvalue weighted by molar-refractivity contribution is -0.110. The van der Waals surface area contributed by atoms with Crippen LogP contribution >= 0.6 is 0 Å². The minimum absolute atomic E-state index is 0.0596. The van der Waals surface area contributed by atoms with E-state index in [-0.39, 0.29) is 12.1 Å². The quantitative estimate of drug-likeness (QED) is 0.314. The van der Waals surface area contributed by atoms with Gasteiger partial charge in [0.15, 0.2) is 0 Å². The molecule has 3 aliphatic heterocycles. The molecular weight excluding hydrogens is 508 g/mol. The van der Waals surface area contributed by atoms with Crippen LogP contribution in [-0.4, -0.2) is 92.9 Å². The van der Waals surface area contributed by atoms with Gasteiger partial charge < -0.3 is 19.7 Å². The van der Waals surface area contributed by atoms with Crippen molar-refractivity contribution in [1.82, 2.24) is 20.3 Å². The number of methoxy groups -OCH3 is 1. The average Bonchev–Trinajstić information content (AvgIpc) is 3.50. The van der Waals surface area contributed by atoms with Crippen LogP contribution in [0, 0.1) is 5.92 Å². The van der Waals surface area contributed by atoms with Gasteiger partial charge in [0.1, 0.15) is 29.7 Å². The molecule has 0 spiro atoms. The van der Waals surface area contributed by atoms with E-state index in [0.29, 0.717) is 19.7 Å². The number of aliphatic imine (C=N–C) groups is 1. The Kier molecular flexibility index (Phi) is 9.41. The Morgan fingerprint density at radius 1 is 1.18 bits per heavy atom. The maximum atomic E-state index is 12.1. The van der Waals surface area contributed by atoms with Gasteiger partial charge in [0.25, 0.3) is 0 Å². The van der Waals surface area contributed by atoms with Crippen LogP contribution < -0.4 is 15.1 Å². The van der Waals surface area contributed by atoms with Gasteiger partial charge in [0.2, 0.25) is 6.41 Å². The van der Waals surface area contributed by atoms with Crippen LogP contribution in [0.3, 0.4) is 0 Å². The van der Waals surface area contributed by atoms with E-state index in [1.54, 1.807) is 12.1 Å². The summed E-state index contributed by atoms with van der Waals surface area (Å²) in [5.41, 5.74) is 1.88. The molecule has 0 saturated carbocycles. The molecule has 10 nitrogen and oxygen atoms in total. The first-order valence-electron chi connectivity index (χ1n) is 14.4. The zero-order valence-electron chi connectivity index (χ0n) is 23.9. The van der Waals surface area contributed by atoms with E-state index < -0.39 is 0 Å². The Bertz CT molecular complexity index is 1120. The zero-order valence-corrected chi connectivity index (χ0v) is 23.9. The van der Waals surface area contributed by atoms with Crippen molar-refractivity contribution in [2.75, 3.05) is 58.0 Å². The number of piperazine rings is 1. The highest BCUT2D eigenvalue weighted by molar-refractivity contribution is 5.74. The van der Waals surface area contributed by atoms with Crippen molar-refractivity contribution >= 4 is 18.4 Å². The van der Waals surface area contributed by atoms with Gasteiger partial charge in [-0.05, 0) is 88.5 Å². The Balaban J connectivity index is 1.21. The third-order valence-electron chi connectivity index (χ3n) is 7.71. The Morgan fingerprint density at radius 3 is 2.65 bits per heavy atom. The number of benzene rings is 1. The number of allylic oxidation sites excluding steroid dienone is 1. The molecule has 2 saturated heterocycles. The van der Waals surface area contributed by atoms with Crippen molar-refractivity contribution < 1.29 is 19.1 Å². The maximum Gasteiger partial charge on any atom is 0.228 e. The SMILES string of the molecule is COC1=CC2=C(N3CCN(N(C=O)c4ccc(OC(C)C)cc4)CC3)N=CN(OCCCC3CCNC3)C2C=C1. The topological polar surface area (TPSA) is 82.1 Å². The highest BCUT2D eigenvalue weighted by Gasteiger charge is 2.32. The molecule has 10 heteroatoms. The standard InChI is InChI=1S/C30H42N6O4/c1-23(2)40-26-8-6-25(7-9-26)35(22-37)34-16-14-33(15-17-34)30-28-19-27(38-3)10-11-29(28)36(21-32-30)39-18-4-5-24-12-13-31-20-24/h6-11,19,21-24,29,31H,4-5,12-18,20H2,1-3H3. The lowest BCUT2D eigenvalue weighted by atomic mass is 9.99. The number of hydrogen-bond donors (Lipinski definition) is 1. The fourth-order valence-corrected chi connectivity index (χ4v) is 5.62. The maximum absolute atomic E-state index is 12.1. The summed E-state index contributed by atoms with van der Waals surface area (Å²) in [5.74, 6) is 3.27. The number of amides is 1. The van der Waals surface area contributed by atoms with Crippen LogP contribution in [0.4, 0.5) is 5.69 Å². The summed E-state index contributed by atoms with van der Waals surface area (Å²) in [7, 11) is 1.68. The summed E-state index contributed by atoms with van der Waals surface area (Å²) < 4.78 is 11.3. The Hall–Kier alpha value is -3.34. The third kappa shape index (κ3) is 6.68. The molecule has 40 heavy (non-hydrogen) atoms. The van der Waals surface area contributed by atoms with Crippen molar-refractivity contribution in [2.45, 2.75) is 45.3 Å². The minimum atomic E-state index is -0.0596. The molecular formula is C30H42N6O4. The van der Waals surface area contributed by atoms with Gasteiger partial charge in [-0.2, -0.15) is 0 Å². The van der Waals surface area contributed by atoms with Gasteiger partial charge >= 0.3 is 0 Å². The highest BCUT2D eigenvalue weighted by Crippen LogP contribution is 2.31. The fraction of sp³-hybridized carbons (Fsp3) is 0.533. The summed E-state index contributed by atoms with van der Waals surface area (Å²) in [6, 6.07) is 7.59. The zero-order chi connectivity index (χ0) is 27.9. The van der Waals surface area contributed by atoms with Crippen LogP contribution in [0.5, 0.6) is 5.75 Å². The van der Waals surface area contributed by atoms with Gasteiger partial charge in [-0.15, -0.1) is 0 Å². The van der Waals surface area contributed by atoms with Crippen LogP contribution in [0.25, 0.3) is 0 Å². The van der Waals surface area contributed by atoms with Crippen LogP contribution in [0.15, 0.2) is 64.6 Å². The first kappa shape index (κ1) is 28.2. The summed E-state index contributed by atoms with van der Waals surface area (Å²) >= 11 is 0. The number of nitrogens with zero attached hydrogens (tertiary/aromatic N) is 5. The van der Waals surface area contributed by atoms with E-state index in [1.165, 1.54) is 12.8 Å². The van der Waals surface area contributed by atoms with Crippen molar-refractivity contribution in [3.8, 4) is 5.75 Å². The van der Waals surface area contributed by atoms with Gasteiger partial charge in [0.05, 0.1) is 25.5 Å². The summed E-state index contributed by atoms with van der Waals surface area (Å²) in [5, 5.41) is 9.06. The van der Waals surface area contributed by atoms with E-state index in [2.05, 4.69) is 27.4 Å². The number of nitrogens with one attached hydrogen (secondary N) is 1. The van der Waals surface area contributed by atoms with Gasteiger partial charge in [-0.25, -0.2) is 20.1 Å². The van der Waals surface area contributed by atoms with Gasteiger partial charge in [0, 0.05) is 31.8 Å². The number of fused-ring (bicyclic) bond motifs is 1. The predicted octanol–water partition coefficient (Wildman–Crippen LogP) is 3.31. The molecule has 1 aromatic rings. The van der Waals surface area contributed by atoms with E-state index >= 15 is 0 Å². The smallest absolute Gasteiger partial charge is 0.228 e. The van der Waals surface area contributed by atoms with E-state index in [9.17, 15) is 4.79 Å². The van der Waals surface area contributed by atoms with Crippen molar-refractivity contribution in [1.29, 1.82) is 0 Å². The number of carbonyl (C=O) groups is 1. The number of hydrazine groups is 1. The summed E-state index contributed by atoms with van der Waals surface area (Å²) in [6.07, 6.45) is 12.4. The van der Waals surface area contributed by atoms with E-state index in [0.717, 1.165) is 73.5 Å². The number of carbonyl (C=O) groups excluding carboxylic acids is 1. The third-order valence-corrected chi connectivity index (χ3v) is 7.71. The molecule has 216 valence electrons. The van der Waals surface area contributed by atoms with Crippen LogP contribution in [0.2, 0.25) is 0 Å².